The van der Waals surface area contributed by atoms with Crippen LogP contribution >= 0.6 is 11.3 Å². The van der Waals surface area contributed by atoms with E-state index in [2.05, 4.69) is 28.5 Å². The fourth-order valence-electron chi connectivity index (χ4n) is 2.69. The van der Waals surface area contributed by atoms with Gasteiger partial charge in [-0.05, 0) is 31.5 Å². The first kappa shape index (κ1) is 17.8. The van der Waals surface area contributed by atoms with E-state index in [4.69, 9.17) is 5.26 Å². The summed E-state index contributed by atoms with van der Waals surface area (Å²) in [6.45, 7) is 4.41. The topological polar surface area (TPSA) is 65.8 Å². The zero-order chi connectivity index (χ0) is 18.5. The van der Waals surface area contributed by atoms with Crippen LogP contribution in [0.3, 0.4) is 0 Å². The van der Waals surface area contributed by atoms with Crippen LogP contribution in [0, 0.1) is 25.2 Å². The third-order valence-corrected chi connectivity index (χ3v) is 4.97. The van der Waals surface area contributed by atoms with Gasteiger partial charge < -0.3 is 5.32 Å². The number of nitrogens with zero attached hydrogens (tertiary/aromatic N) is 2. The van der Waals surface area contributed by atoms with Gasteiger partial charge >= 0.3 is 0 Å². The van der Waals surface area contributed by atoms with Gasteiger partial charge in [0.05, 0.1) is 28.8 Å². The van der Waals surface area contributed by atoms with Crippen molar-refractivity contribution < 1.29 is 4.79 Å². The second kappa shape index (κ2) is 7.94. The molecule has 1 amide bonds. The summed E-state index contributed by atoms with van der Waals surface area (Å²) in [5.41, 5.74) is 4.62. The summed E-state index contributed by atoms with van der Waals surface area (Å²) >= 11 is 1.55. The van der Waals surface area contributed by atoms with Crippen LogP contribution in [0.25, 0.3) is 11.3 Å². The van der Waals surface area contributed by atoms with Crippen molar-refractivity contribution in [1.29, 1.82) is 5.26 Å². The van der Waals surface area contributed by atoms with E-state index in [1.165, 1.54) is 5.56 Å². The average Bonchev–Trinajstić information content (AvgIpc) is 3.01. The standard InChI is InChI=1S/C21H19N3OS/c1-14-6-8-18(9-7-14)21-19(26-15(2)24-21)11-20(25)23-13-17-5-3-4-16(10-17)12-22/h3-10H,11,13H2,1-2H3,(H,23,25). The zero-order valence-electron chi connectivity index (χ0n) is 14.7. The van der Waals surface area contributed by atoms with Crippen LogP contribution in [0.2, 0.25) is 0 Å². The van der Waals surface area contributed by atoms with E-state index in [1.54, 1.807) is 23.5 Å². The number of nitrogens with one attached hydrogen (secondary N) is 1. The molecule has 2 aromatic carbocycles. The van der Waals surface area contributed by atoms with Crippen LogP contribution in [0.5, 0.6) is 0 Å². The molecule has 26 heavy (non-hydrogen) atoms. The first-order chi connectivity index (χ1) is 12.5. The Labute approximate surface area is 157 Å². The van der Waals surface area contributed by atoms with Gasteiger partial charge in [-0.1, -0.05) is 42.0 Å². The zero-order valence-corrected chi connectivity index (χ0v) is 15.6. The van der Waals surface area contributed by atoms with Crippen LogP contribution in [-0.4, -0.2) is 10.9 Å². The molecular formula is C21H19N3OS. The Kier molecular flexibility index (Phi) is 5.45. The van der Waals surface area contributed by atoms with Gasteiger partial charge in [0.15, 0.2) is 0 Å². The number of carbonyl (C=O) groups is 1. The fourth-order valence-corrected chi connectivity index (χ4v) is 3.64. The molecule has 1 aromatic heterocycles. The van der Waals surface area contributed by atoms with E-state index >= 15 is 0 Å². The number of benzene rings is 2. The lowest BCUT2D eigenvalue weighted by atomic mass is 10.1. The number of amides is 1. The average molecular weight is 361 g/mol. The highest BCUT2D eigenvalue weighted by Gasteiger charge is 2.14. The minimum absolute atomic E-state index is 0.0515. The first-order valence-electron chi connectivity index (χ1n) is 8.34. The number of aryl methyl sites for hydroxylation is 2. The molecule has 0 saturated carbocycles. The van der Waals surface area contributed by atoms with Crippen LogP contribution in [0.1, 0.15) is 26.6 Å². The van der Waals surface area contributed by atoms with E-state index in [0.29, 0.717) is 18.5 Å². The van der Waals surface area contributed by atoms with Gasteiger partial charge in [-0.2, -0.15) is 5.26 Å². The van der Waals surface area contributed by atoms with Crippen molar-refractivity contribution in [2.45, 2.75) is 26.8 Å². The maximum absolute atomic E-state index is 12.4. The smallest absolute Gasteiger partial charge is 0.225 e. The number of thiazole rings is 1. The van der Waals surface area contributed by atoms with Crippen molar-refractivity contribution in [2.24, 2.45) is 0 Å². The van der Waals surface area contributed by atoms with Gasteiger partial charge in [0.25, 0.3) is 0 Å². The first-order valence-corrected chi connectivity index (χ1v) is 9.16. The van der Waals surface area contributed by atoms with E-state index in [0.717, 1.165) is 26.7 Å². The molecule has 0 unspecified atom stereocenters. The van der Waals surface area contributed by atoms with Crippen molar-refractivity contribution >= 4 is 17.2 Å². The second-order valence-corrected chi connectivity index (χ2v) is 7.42. The molecule has 0 fully saturated rings. The normalized spacial score (nSPS) is 10.3. The second-order valence-electron chi connectivity index (χ2n) is 6.14. The van der Waals surface area contributed by atoms with Crippen molar-refractivity contribution in [2.75, 3.05) is 0 Å². The number of carbonyl (C=O) groups excluding carboxylic acids is 1. The molecule has 0 atom stereocenters. The molecule has 0 aliphatic carbocycles. The predicted molar refractivity (Wildman–Crippen MR) is 104 cm³/mol. The maximum Gasteiger partial charge on any atom is 0.225 e. The maximum atomic E-state index is 12.4. The lowest BCUT2D eigenvalue weighted by molar-refractivity contribution is -0.120. The third-order valence-electron chi connectivity index (χ3n) is 4.00. The fraction of sp³-hybridized carbons (Fsp3) is 0.190. The number of rotatable bonds is 5. The minimum Gasteiger partial charge on any atom is -0.352 e. The molecule has 0 aliphatic rings. The van der Waals surface area contributed by atoms with Gasteiger partial charge in [-0.15, -0.1) is 11.3 Å². The lowest BCUT2D eigenvalue weighted by Crippen LogP contribution is -2.24. The largest absolute Gasteiger partial charge is 0.352 e. The molecule has 0 spiro atoms. The van der Waals surface area contributed by atoms with Gasteiger partial charge in [-0.25, -0.2) is 4.98 Å². The summed E-state index contributed by atoms with van der Waals surface area (Å²) in [5.74, 6) is -0.0515. The molecule has 0 radical (unpaired) electrons. The Bertz CT molecular complexity index is 968. The Balaban J connectivity index is 1.69. The molecule has 0 aliphatic heterocycles. The molecule has 3 aromatic rings. The predicted octanol–water partition coefficient (Wildman–Crippen LogP) is 4.16. The summed E-state index contributed by atoms with van der Waals surface area (Å²) in [4.78, 5) is 18.0. The summed E-state index contributed by atoms with van der Waals surface area (Å²) in [6, 6.07) is 17.5. The molecule has 0 saturated heterocycles. The molecule has 1 N–H and O–H groups in total. The van der Waals surface area contributed by atoms with Gasteiger partial charge in [-0.3, -0.25) is 4.79 Å². The highest BCUT2D eigenvalue weighted by atomic mass is 32.1. The molecule has 3 rings (SSSR count). The van der Waals surface area contributed by atoms with Gasteiger partial charge in [0, 0.05) is 17.0 Å². The van der Waals surface area contributed by atoms with E-state index in [-0.39, 0.29) is 5.91 Å². The monoisotopic (exact) mass is 361 g/mol. The van der Waals surface area contributed by atoms with Crippen LogP contribution in [-0.2, 0) is 17.8 Å². The molecule has 5 heteroatoms. The van der Waals surface area contributed by atoms with Crippen LogP contribution in [0.4, 0.5) is 0 Å². The van der Waals surface area contributed by atoms with Crippen LogP contribution < -0.4 is 5.32 Å². The van der Waals surface area contributed by atoms with Crippen LogP contribution in [0.15, 0.2) is 48.5 Å². The summed E-state index contributed by atoms with van der Waals surface area (Å²) in [7, 11) is 0. The molecule has 0 bridgehead atoms. The molecular weight excluding hydrogens is 342 g/mol. The summed E-state index contributed by atoms with van der Waals surface area (Å²) in [5, 5.41) is 12.8. The highest BCUT2D eigenvalue weighted by molar-refractivity contribution is 7.12. The Morgan fingerprint density at radius 2 is 1.96 bits per heavy atom. The van der Waals surface area contributed by atoms with E-state index in [9.17, 15) is 4.79 Å². The number of nitriles is 1. The molecule has 130 valence electrons. The van der Waals surface area contributed by atoms with E-state index < -0.39 is 0 Å². The third kappa shape index (κ3) is 4.35. The van der Waals surface area contributed by atoms with Gasteiger partial charge in [0.1, 0.15) is 0 Å². The summed E-state index contributed by atoms with van der Waals surface area (Å²) in [6.07, 6.45) is 0.298. The summed E-state index contributed by atoms with van der Waals surface area (Å²) < 4.78 is 0. The Morgan fingerprint density at radius 1 is 1.19 bits per heavy atom. The number of hydrogen-bond donors (Lipinski definition) is 1. The quantitative estimate of drug-likeness (QED) is 0.742. The van der Waals surface area contributed by atoms with E-state index in [1.807, 2.05) is 38.1 Å². The minimum atomic E-state index is -0.0515. The van der Waals surface area contributed by atoms with Crippen molar-refractivity contribution in [3.63, 3.8) is 0 Å². The van der Waals surface area contributed by atoms with Crippen molar-refractivity contribution in [3.8, 4) is 17.3 Å². The SMILES string of the molecule is Cc1ccc(-c2nc(C)sc2CC(=O)NCc2cccc(C#N)c2)cc1. The van der Waals surface area contributed by atoms with Crippen molar-refractivity contribution in [3.05, 3.63) is 75.1 Å². The van der Waals surface area contributed by atoms with Gasteiger partial charge in [0.2, 0.25) is 5.91 Å². The Hall–Kier alpha value is -2.97. The number of aromatic nitrogens is 1. The lowest BCUT2D eigenvalue weighted by Gasteiger charge is -2.06. The Morgan fingerprint density at radius 3 is 2.69 bits per heavy atom. The molecule has 1 heterocycles. The van der Waals surface area contributed by atoms with Crippen molar-refractivity contribution in [1.82, 2.24) is 10.3 Å². The highest BCUT2D eigenvalue weighted by Crippen LogP contribution is 2.28. The molecule has 4 nitrogen and oxygen atoms in total. The number of hydrogen-bond acceptors (Lipinski definition) is 4.